The lowest BCUT2D eigenvalue weighted by atomic mass is 10.0. The minimum absolute atomic E-state index is 0. The number of likely N-dealkylation sites (tertiary alicyclic amines) is 1. The summed E-state index contributed by atoms with van der Waals surface area (Å²) in [5.41, 5.74) is 0. The van der Waals surface area contributed by atoms with E-state index in [0.717, 1.165) is 19.4 Å². The number of piperidine rings is 1. The maximum absolute atomic E-state index is 11.2. The molecule has 0 saturated carbocycles. The van der Waals surface area contributed by atoms with Crippen LogP contribution < -0.4 is 4.74 Å². The second-order valence-corrected chi connectivity index (χ2v) is 5.71. The Morgan fingerprint density at radius 2 is 1.95 bits per heavy atom. The number of halogens is 3. The third-order valence-corrected chi connectivity index (χ3v) is 3.82. The zero-order valence-electron chi connectivity index (χ0n) is 11.4. The topological polar surface area (TPSA) is 49.8 Å². The number of carboxylic acids is 1. The minimum Gasteiger partial charge on any atom is -0.492 e. The second-order valence-electron chi connectivity index (χ2n) is 4.84. The summed E-state index contributed by atoms with van der Waals surface area (Å²) in [6.07, 6.45) is 2.71. The third kappa shape index (κ3) is 5.55. The van der Waals surface area contributed by atoms with Crippen LogP contribution in [-0.4, -0.2) is 41.7 Å². The molecule has 1 atom stereocenters. The van der Waals surface area contributed by atoms with E-state index < -0.39 is 12.0 Å². The van der Waals surface area contributed by atoms with Crippen LogP contribution in [0.3, 0.4) is 0 Å². The lowest BCUT2D eigenvalue weighted by Gasteiger charge is -2.32. The van der Waals surface area contributed by atoms with Gasteiger partial charge in [-0.3, -0.25) is 9.69 Å². The fraction of sp³-hybridized carbons (Fsp3) is 0.500. The lowest BCUT2D eigenvalue weighted by Crippen LogP contribution is -2.46. The number of rotatable bonds is 5. The molecule has 1 unspecified atom stereocenters. The first-order chi connectivity index (χ1) is 9.56. The summed E-state index contributed by atoms with van der Waals surface area (Å²) in [5, 5.41) is 10.2. The molecule has 1 heterocycles. The summed E-state index contributed by atoms with van der Waals surface area (Å²) in [4.78, 5) is 13.1. The fourth-order valence-corrected chi connectivity index (χ4v) is 2.94. The number of hydrogen-bond donors (Lipinski definition) is 1. The average Bonchev–Trinajstić information content (AvgIpc) is 2.38. The molecule has 1 aromatic rings. The van der Waals surface area contributed by atoms with Crippen LogP contribution in [0.1, 0.15) is 19.3 Å². The molecule has 4 nitrogen and oxygen atoms in total. The third-order valence-electron chi connectivity index (χ3n) is 3.38. The molecule has 1 aliphatic rings. The van der Waals surface area contributed by atoms with Crippen molar-refractivity contribution in [3.8, 4) is 5.75 Å². The molecule has 0 bridgehead atoms. The van der Waals surface area contributed by atoms with Gasteiger partial charge < -0.3 is 9.84 Å². The first-order valence-corrected chi connectivity index (χ1v) is 7.37. The Balaban J connectivity index is 0.00000220. The van der Waals surface area contributed by atoms with Gasteiger partial charge in [-0.15, -0.1) is 12.4 Å². The molecule has 0 aromatic heterocycles. The zero-order chi connectivity index (χ0) is 14.5. The van der Waals surface area contributed by atoms with Crippen LogP contribution in [0.5, 0.6) is 5.75 Å². The summed E-state index contributed by atoms with van der Waals surface area (Å²) in [6.45, 7) is 1.80. The summed E-state index contributed by atoms with van der Waals surface area (Å²) in [6, 6.07) is 4.63. The predicted octanol–water partition coefficient (Wildman–Crippen LogP) is 3.73. The molecular weight excluding hydrogens is 337 g/mol. The summed E-state index contributed by atoms with van der Waals surface area (Å²) in [5.74, 6) is -0.151. The smallest absolute Gasteiger partial charge is 0.320 e. The molecule has 0 aliphatic carbocycles. The van der Waals surface area contributed by atoms with Gasteiger partial charge in [-0.05, 0) is 37.6 Å². The molecule has 1 fully saturated rings. The molecule has 2 rings (SSSR count). The quantitative estimate of drug-likeness (QED) is 0.875. The van der Waals surface area contributed by atoms with E-state index in [1.54, 1.807) is 18.2 Å². The number of nitrogens with zero attached hydrogens (tertiary/aromatic N) is 1. The largest absolute Gasteiger partial charge is 0.492 e. The highest BCUT2D eigenvalue weighted by Crippen LogP contribution is 2.24. The van der Waals surface area contributed by atoms with Gasteiger partial charge in [-0.2, -0.15) is 0 Å². The molecule has 0 spiro atoms. The number of benzene rings is 1. The highest BCUT2D eigenvalue weighted by atomic mass is 35.5. The Morgan fingerprint density at radius 3 is 2.57 bits per heavy atom. The Morgan fingerprint density at radius 1 is 1.29 bits per heavy atom. The highest BCUT2D eigenvalue weighted by Gasteiger charge is 2.27. The Labute approximate surface area is 140 Å². The van der Waals surface area contributed by atoms with Gasteiger partial charge in [0.25, 0.3) is 0 Å². The maximum Gasteiger partial charge on any atom is 0.320 e. The molecular formula is C14H18Cl3NO3. The van der Waals surface area contributed by atoms with E-state index in [9.17, 15) is 9.90 Å². The van der Waals surface area contributed by atoms with Crippen molar-refractivity contribution >= 4 is 41.6 Å². The van der Waals surface area contributed by atoms with Gasteiger partial charge >= 0.3 is 5.97 Å². The molecule has 1 aliphatic heterocycles. The van der Waals surface area contributed by atoms with Crippen molar-refractivity contribution in [2.45, 2.75) is 25.3 Å². The number of hydrogen-bond acceptors (Lipinski definition) is 3. The van der Waals surface area contributed by atoms with Gasteiger partial charge in [0.05, 0.1) is 0 Å². The van der Waals surface area contributed by atoms with Crippen LogP contribution in [0.25, 0.3) is 0 Å². The van der Waals surface area contributed by atoms with E-state index in [0.29, 0.717) is 35.4 Å². The van der Waals surface area contributed by atoms with E-state index in [1.165, 1.54) is 0 Å². The summed E-state index contributed by atoms with van der Waals surface area (Å²) in [7, 11) is 0. The minimum atomic E-state index is -0.754. The second kappa shape index (κ2) is 8.69. The van der Waals surface area contributed by atoms with Gasteiger partial charge in [0.2, 0.25) is 0 Å². The van der Waals surface area contributed by atoms with Crippen LogP contribution in [0.4, 0.5) is 0 Å². The van der Waals surface area contributed by atoms with Crippen molar-refractivity contribution in [3.05, 3.63) is 28.2 Å². The fourth-order valence-electron chi connectivity index (χ4n) is 2.43. The first kappa shape index (κ1) is 18.4. The zero-order valence-corrected chi connectivity index (χ0v) is 13.8. The van der Waals surface area contributed by atoms with Crippen LogP contribution >= 0.6 is 35.6 Å². The molecule has 21 heavy (non-hydrogen) atoms. The molecule has 0 radical (unpaired) electrons. The molecule has 0 amide bonds. The Kier molecular flexibility index (Phi) is 7.60. The standard InChI is InChI=1S/C14H17Cl2NO3.ClH/c15-10-7-11(16)9-12(8-10)20-6-5-17-4-2-1-3-13(17)14(18)19;/h7-9,13H,1-6H2,(H,18,19);1H. The van der Waals surface area contributed by atoms with Crippen LogP contribution in [0.2, 0.25) is 10.0 Å². The van der Waals surface area contributed by atoms with Crippen molar-refractivity contribution in [2.75, 3.05) is 19.7 Å². The molecule has 7 heteroatoms. The van der Waals surface area contributed by atoms with Crippen LogP contribution in [0, 0.1) is 0 Å². The van der Waals surface area contributed by atoms with Gasteiger partial charge in [0, 0.05) is 16.6 Å². The highest BCUT2D eigenvalue weighted by molar-refractivity contribution is 6.34. The van der Waals surface area contributed by atoms with Gasteiger partial charge in [0.15, 0.2) is 0 Å². The Hall–Kier alpha value is -0.680. The van der Waals surface area contributed by atoms with E-state index in [-0.39, 0.29) is 12.4 Å². The van der Waals surface area contributed by atoms with Crippen molar-refractivity contribution in [3.63, 3.8) is 0 Å². The lowest BCUT2D eigenvalue weighted by molar-refractivity contribution is -0.144. The first-order valence-electron chi connectivity index (χ1n) is 6.62. The number of carbonyl (C=O) groups is 1. The number of aliphatic carboxylic acids is 1. The van der Waals surface area contributed by atoms with Crippen molar-refractivity contribution in [1.82, 2.24) is 4.90 Å². The van der Waals surface area contributed by atoms with Crippen molar-refractivity contribution < 1.29 is 14.6 Å². The van der Waals surface area contributed by atoms with E-state index in [4.69, 9.17) is 27.9 Å². The van der Waals surface area contributed by atoms with Gasteiger partial charge in [-0.1, -0.05) is 29.6 Å². The number of ether oxygens (including phenoxy) is 1. The van der Waals surface area contributed by atoms with Gasteiger partial charge in [-0.25, -0.2) is 0 Å². The molecule has 1 saturated heterocycles. The number of carboxylic acid groups (broad SMARTS) is 1. The van der Waals surface area contributed by atoms with Crippen LogP contribution in [0.15, 0.2) is 18.2 Å². The Bertz CT molecular complexity index is 464. The summed E-state index contributed by atoms with van der Waals surface area (Å²) >= 11 is 11.8. The van der Waals surface area contributed by atoms with Crippen LogP contribution in [-0.2, 0) is 4.79 Å². The maximum atomic E-state index is 11.2. The normalized spacial score (nSPS) is 18.9. The molecule has 1 N–H and O–H groups in total. The van der Waals surface area contributed by atoms with Crippen molar-refractivity contribution in [1.29, 1.82) is 0 Å². The van der Waals surface area contributed by atoms with E-state index >= 15 is 0 Å². The van der Waals surface area contributed by atoms with E-state index in [1.807, 2.05) is 4.90 Å². The van der Waals surface area contributed by atoms with Gasteiger partial charge in [0.1, 0.15) is 18.4 Å². The molecule has 118 valence electrons. The van der Waals surface area contributed by atoms with Crippen molar-refractivity contribution in [2.24, 2.45) is 0 Å². The average molecular weight is 355 g/mol. The van der Waals surface area contributed by atoms with E-state index in [2.05, 4.69) is 0 Å². The predicted molar refractivity (Wildman–Crippen MR) is 86.1 cm³/mol. The molecule has 1 aromatic carbocycles. The summed E-state index contributed by atoms with van der Waals surface area (Å²) < 4.78 is 5.59. The SMILES string of the molecule is Cl.O=C(O)C1CCCCN1CCOc1cc(Cl)cc(Cl)c1. The monoisotopic (exact) mass is 353 g/mol.